The van der Waals surface area contributed by atoms with Crippen LogP contribution in [0.25, 0.3) is 0 Å². The van der Waals surface area contributed by atoms with Crippen LogP contribution in [0.1, 0.15) is 6.42 Å². The molecule has 1 unspecified atom stereocenters. The molecule has 2 nitrogen and oxygen atoms in total. The molecule has 0 aromatic rings. The highest BCUT2D eigenvalue weighted by atomic mass is 79.9. The number of carbonyl (C=O) groups is 1. The number of likely N-dealkylation sites (tertiary alicyclic amines) is 1. The van der Waals surface area contributed by atoms with Crippen LogP contribution in [-0.2, 0) is 4.79 Å². The lowest BCUT2D eigenvalue weighted by Crippen LogP contribution is -2.55. The molecule has 1 aliphatic heterocycles. The van der Waals surface area contributed by atoms with E-state index in [0.29, 0.717) is 0 Å². The summed E-state index contributed by atoms with van der Waals surface area (Å²) in [7, 11) is 0. The summed E-state index contributed by atoms with van der Waals surface area (Å²) < 4.78 is 74.1. The molecule has 1 aliphatic rings. The zero-order valence-electron chi connectivity index (χ0n) is 8.28. The minimum Gasteiger partial charge on any atom is -0.323 e. The number of hydrogen-bond donors (Lipinski definition) is 0. The summed E-state index contributed by atoms with van der Waals surface area (Å²) in [5.41, 5.74) is 0. The van der Waals surface area contributed by atoms with Crippen molar-refractivity contribution in [1.82, 2.24) is 4.90 Å². The predicted molar refractivity (Wildman–Crippen MR) is 49.5 cm³/mol. The van der Waals surface area contributed by atoms with Gasteiger partial charge in [0.2, 0.25) is 11.9 Å². The molecule has 1 rings (SSSR count). The number of nitrogens with zero attached hydrogens (tertiary/aromatic N) is 1. The molecule has 9 heteroatoms. The summed E-state index contributed by atoms with van der Waals surface area (Å²) in [5, 5.41) is 0.192. The number of amides is 1. The van der Waals surface area contributed by atoms with Crippen LogP contribution in [0, 0.1) is 5.92 Å². The van der Waals surface area contributed by atoms with Gasteiger partial charge in [0.15, 0.2) is 0 Å². The van der Waals surface area contributed by atoms with Gasteiger partial charge in [0.1, 0.15) is 0 Å². The van der Waals surface area contributed by atoms with E-state index in [0.717, 1.165) is 0 Å². The van der Waals surface area contributed by atoms with Gasteiger partial charge in [-0.05, 0) is 5.92 Å². The smallest absolute Gasteiger partial charge is 0.323 e. The monoisotopic (exact) mass is 327 g/mol. The molecule has 1 fully saturated rings. The second-order valence-electron chi connectivity index (χ2n) is 3.76. The highest BCUT2D eigenvalue weighted by Gasteiger charge is 2.62. The van der Waals surface area contributed by atoms with Crippen LogP contribution < -0.4 is 0 Å². The largest absolute Gasteiger partial charge is 0.417 e. The lowest BCUT2D eigenvalue weighted by molar-refractivity contribution is -0.282. The van der Waals surface area contributed by atoms with Crippen molar-refractivity contribution in [1.29, 1.82) is 0 Å². The molecule has 0 aliphatic carbocycles. The van der Waals surface area contributed by atoms with Crippen LogP contribution in [0.2, 0.25) is 0 Å². The van der Waals surface area contributed by atoms with E-state index < -0.39 is 36.8 Å². The molecule has 1 amide bonds. The van der Waals surface area contributed by atoms with Gasteiger partial charge in [-0.3, -0.25) is 4.79 Å². The Kier molecular flexibility index (Phi) is 4.00. The summed E-state index contributed by atoms with van der Waals surface area (Å²) in [4.78, 5) is 11.1. The summed E-state index contributed by atoms with van der Waals surface area (Å²) in [5.74, 6) is -1.64. The Hall–Kier alpha value is -0.470. The average molecular weight is 328 g/mol. The highest BCUT2D eigenvalue weighted by molar-refractivity contribution is 9.09. The molecule has 100 valence electrons. The molecular formula is C8H8BrF6NO. The third kappa shape index (κ3) is 3.26. The zero-order chi connectivity index (χ0) is 13.4. The van der Waals surface area contributed by atoms with E-state index in [1.165, 1.54) is 0 Å². The first-order valence-corrected chi connectivity index (χ1v) is 5.68. The second-order valence-corrected chi connectivity index (χ2v) is 4.40. The van der Waals surface area contributed by atoms with Crippen molar-refractivity contribution in [2.75, 3.05) is 11.9 Å². The molecule has 0 saturated carbocycles. The lowest BCUT2D eigenvalue weighted by atomic mass is 10.1. The molecule has 0 aromatic carbocycles. The molecule has 1 atom stereocenters. The topological polar surface area (TPSA) is 20.3 Å². The fraction of sp³-hybridized carbons (Fsp3) is 0.875. The van der Waals surface area contributed by atoms with Gasteiger partial charge >= 0.3 is 12.4 Å². The maximum absolute atomic E-state index is 12.3. The van der Waals surface area contributed by atoms with E-state index >= 15 is 0 Å². The quantitative estimate of drug-likeness (QED) is 0.564. The summed E-state index contributed by atoms with van der Waals surface area (Å²) in [6, 6.07) is -3.70. The van der Waals surface area contributed by atoms with Crippen LogP contribution in [0.15, 0.2) is 0 Å². The lowest BCUT2D eigenvalue weighted by Gasteiger charge is -2.31. The predicted octanol–water partition coefficient (Wildman–Crippen LogP) is 2.72. The van der Waals surface area contributed by atoms with Crippen molar-refractivity contribution in [3.05, 3.63) is 0 Å². The van der Waals surface area contributed by atoms with E-state index in [-0.39, 0.29) is 16.7 Å². The number of halogens is 7. The first kappa shape index (κ1) is 14.6. The zero-order valence-corrected chi connectivity index (χ0v) is 9.86. The van der Waals surface area contributed by atoms with Crippen LogP contribution in [0.5, 0.6) is 0 Å². The first-order chi connectivity index (χ1) is 7.57. The molecule has 1 heterocycles. The second kappa shape index (κ2) is 4.66. The van der Waals surface area contributed by atoms with Crippen LogP contribution in [0.4, 0.5) is 26.3 Å². The highest BCUT2D eigenvalue weighted by Crippen LogP contribution is 2.39. The van der Waals surface area contributed by atoms with Gasteiger partial charge in [0, 0.05) is 18.3 Å². The SMILES string of the molecule is O=C1CC(CBr)CN1C(C(F)(F)F)C(F)(F)F. The van der Waals surface area contributed by atoms with Crippen molar-refractivity contribution in [3.63, 3.8) is 0 Å². The van der Waals surface area contributed by atoms with E-state index in [9.17, 15) is 31.1 Å². The van der Waals surface area contributed by atoms with Gasteiger partial charge in [-0.2, -0.15) is 26.3 Å². The van der Waals surface area contributed by atoms with Crippen LogP contribution >= 0.6 is 15.9 Å². The molecule has 0 radical (unpaired) electrons. The number of hydrogen-bond acceptors (Lipinski definition) is 1. The fourth-order valence-electron chi connectivity index (χ4n) is 1.70. The third-order valence-electron chi connectivity index (χ3n) is 2.39. The fourth-order valence-corrected chi connectivity index (χ4v) is 2.13. The van der Waals surface area contributed by atoms with Gasteiger partial charge in [-0.25, -0.2) is 0 Å². The summed E-state index contributed by atoms with van der Waals surface area (Å²) >= 11 is 2.94. The molecular weight excluding hydrogens is 320 g/mol. The third-order valence-corrected chi connectivity index (χ3v) is 3.30. The Morgan fingerprint density at radius 3 is 2.00 bits per heavy atom. The van der Waals surface area contributed by atoms with Crippen molar-refractivity contribution in [2.45, 2.75) is 24.8 Å². The van der Waals surface area contributed by atoms with E-state index in [2.05, 4.69) is 15.9 Å². The molecule has 17 heavy (non-hydrogen) atoms. The first-order valence-electron chi connectivity index (χ1n) is 4.56. The number of carbonyl (C=O) groups excluding carboxylic acids is 1. The Morgan fingerprint density at radius 2 is 1.71 bits per heavy atom. The Morgan fingerprint density at radius 1 is 1.24 bits per heavy atom. The molecule has 0 N–H and O–H groups in total. The van der Waals surface area contributed by atoms with Gasteiger partial charge < -0.3 is 4.90 Å². The Labute approximate surface area is 101 Å². The number of rotatable bonds is 2. The number of alkyl halides is 7. The van der Waals surface area contributed by atoms with Gasteiger partial charge in [-0.15, -0.1) is 0 Å². The Bertz CT molecular complexity index is 287. The van der Waals surface area contributed by atoms with Crippen molar-refractivity contribution in [2.24, 2.45) is 5.92 Å². The Balaban J connectivity index is 2.97. The van der Waals surface area contributed by atoms with Gasteiger partial charge in [0.05, 0.1) is 0 Å². The van der Waals surface area contributed by atoms with Gasteiger partial charge in [0.25, 0.3) is 0 Å². The van der Waals surface area contributed by atoms with E-state index in [1.54, 1.807) is 0 Å². The van der Waals surface area contributed by atoms with Crippen LogP contribution in [-0.4, -0.2) is 41.1 Å². The molecule has 0 bridgehead atoms. The van der Waals surface area contributed by atoms with Crippen molar-refractivity contribution < 1.29 is 31.1 Å². The standard InChI is InChI=1S/C8H8BrF6NO/c9-2-4-1-5(17)16(3-4)6(7(10,11)12)8(13,14)15/h4,6H,1-3H2. The van der Waals surface area contributed by atoms with Crippen molar-refractivity contribution >= 4 is 21.8 Å². The van der Waals surface area contributed by atoms with E-state index in [1.807, 2.05) is 0 Å². The normalized spacial score (nSPS) is 22.7. The van der Waals surface area contributed by atoms with Gasteiger partial charge in [-0.1, -0.05) is 15.9 Å². The summed E-state index contributed by atoms with van der Waals surface area (Å²) in [6.45, 7) is -0.534. The minimum absolute atomic E-state index is 0.133. The summed E-state index contributed by atoms with van der Waals surface area (Å²) in [6.07, 6.45) is -11.3. The molecule has 0 aromatic heterocycles. The minimum atomic E-state index is -5.50. The average Bonchev–Trinajstić information content (AvgIpc) is 2.42. The molecule has 1 saturated heterocycles. The maximum atomic E-state index is 12.3. The molecule has 0 spiro atoms. The van der Waals surface area contributed by atoms with E-state index in [4.69, 9.17) is 0 Å². The van der Waals surface area contributed by atoms with Crippen molar-refractivity contribution in [3.8, 4) is 0 Å². The maximum Gasteiger partial charge on any atom is 0.417 e. The van der Waals surface area contributed by atoms with Crippen LogP contribution in [0.3, 0.4) is 0 Å².